The van der Waals surface area contributed by atoms with Crippen molar-refractivity contribution in [3.8, 4) is 0 Å². The van der Waals surface area contributed by atoms with Crippen molar-refractivity contribution in [3.05, 3.63) is 41.3 Å². The molecule has 1 fully saturated rings. The maximum absolute atomic E-state index is 5.73. The van der Waals surface area contributed by atoms with Gasteiger partial charge in [-0.2, -0.15) is 4.98 Å². The Morgan fingerprint density at radius 1 is 1.17 bits per heavy atom. The van der Waals surface area contributed by atoms with E-state index in [0.717, 1.165) is 36.1 Å². The van der Waals surface area contributed by atoms with Crippen molar-refractivity contribution in [1.29, 1.82) is 0 Å². The number of nitrogens with one attached hydrogen (secondary N) is 1. The Balaban J connectivity index is 1.77. The van der Waals surface area contributed by atoms with Gasteiger partial charge < -0.3 is 15.0 Å². The van der Waals surface area contributed by atoms with Gasteiger partial charge >= 0.3 is 0 Å². The lowest BCUT2D eigenvalue weighted by atomic mass is 9.95. The fourth-order valence-corrected chi connectivity index (χ4v) is 2.91. The Hall–Kier alpha value is -2.21. The molecule has 1 saturated heterocycles. The van der Waals surface area contributed by atoms with E-state index < -0.39 is 0 Å². The first-order chi connectivity index (χ1) is 11.5. The second-order valence-electron chi connectivity index (χ2n) is 6.59. The van der Waals surface area contributed by atoms with Crippen LogP contribution in [0.3, 0.4) is 0 Å². The predicted molar refractivity (Wildman–Crippen MR) is 95.5 cm³/mol. The minimum Gasteiger partial charge on any atom is -0.379 e. The molecule has 3 rings (SSSR count). The van der Waals surface area contributed by atoms with E-state index in [4.69, 9.17) is 4.74 Å². The molecule has 128 valence electrons. The first-order valence-corrected chi connectivity index (χ1v) is 8.30. The second kappa shape index (κ2) is 7.13. The lowest BCUT2D eigenvalue weighted by molar-refractivity contribution is 0.185. The highest BCUT2D eigenvalue weighted by Crippen LogP contribution is 2.25. The van der Waals surface area contributed by atoms with E-state index in [1.807, 2.05) is 38.3 Å². The summed E-state index contributed by atoms with van der Waals surface area (Å²) in [6.07, 6.45) is 4.66. The summed E-state index contributed by atoms with van der Waals surface area (Å²) in [6.45, 7) is 5.55. The van der Waals surface area contributed by atoms with E-state index in [1.54, 1.807) is 0 Å². The molecule has 0 saturated carbocycles. The number of nitrogens with zero attached hydrogens (tertiary/aromatic N) is 4. The van der Waals surface area contributed by atoms with Crippen LogP contribution in [-0.2, 0) is 11.2 Å². The number of ether oxygens (including phenoxy) is 1. The first-order valence-electron chi connectivity index (χ1n) is 8.30. The smallest absolute Gasteiger partial charge is 0.227 e. The van der Waals surface area contributed by atoms with Gasteiger partial charge in [0.1, 0.15) is 5.82 Å². The molecule has 24 heavy (non-hydrogen) atoms. The Kier molecular flexibility index (Phi) is 4.94. The number of aryl methyl sites for hydroxylation is 1. The van der Waals surface area contributed by atoms with E-state index in [0.29, 0.717) is 12.5 Å². The lowest BCUT2D eigenvalue weighted by Gasteiger charge is -2.22. The summed E-state index contributed by atoms with van der Waals surface area (Å²) in [5, 5.41) is 3.60. The van der Waals surface area contributed by atoms with Crippen molar-refractivity contribution in [2.24, 2.45) is 5.92 Å². The van der Waals surface area contributed by atoms with E-state index in [-0.39, 0.29) is 6.04 Å². The molecular formula is C18H25N5O. The normalized spacial score (nSPS) is 20.2. The summed E-state index contributed by atoms with van der Waals surface area (Å²) in [6, 6.07) is 4.39. The number of rotatable bonds is 5. The van der Waals surface area contributed by atoms with Crippen LogP contribution < -0.4 is 10.2 Å². The molecule has 6 nitrogen and oxygen atoms in total. The Bertz CT molecular complexity index is 689. The fourth-order valence-electron chi connectivity index (χ4n) is 2.91. The monoisotopic (exact) mass is 327 g/mol. The van der Waals surface area contributed by atoms with Crippen molar-refractivity contribution >= 4 is 11.8 Å². The van der Waals surface area contributed by atoms with Crippen molar-refractivity contribution in [3.63, 3.8) is 0 Å². The molecule has 0 aromatic carbocycles. The molecule has 0 bridgehead atoms. The largest absolute Gasteiger partial charge is 0.379 e. The SMILES string of the molecule is Cc1nc(N(C)C)nc(N[C@H]2COC[C@H]2Cc2ccncc2)c1C. The third-order valence-electron chi connectivity index (χ3n) is 4.55. The van der Waals surface area contributed by atoms with Gasteiger partial charge in [0.05, 0.1) is 19.3 Å². The zero-order valence-electron chi connectivity index (χ0n) is 14.8. The quantitative estimate of drug-likeness (QED) is 0.908. The highest BCUT2D eigenvalue weighted by Gasteiger charge is 2.29. The molecule has 2 aromatic rings. The Labute approximate surface area is 143 Å². The van der Waals surface area contributed by atoms with Gasteiger partial charge in [0.25, 0.3) is 0 Å². The number of hydrogen-bond donors (Lipinski definition) is 1. The minimum atomic E-state index is 0.251. The molecule has 1 N–H and O–H groups in total. The highest BCUT2D eigenvalue weighted by molar-refractivity contribution is 5.51. The van der Waals surface area contributed by atoms with E-state index in [2.05, 4.69) is 39.3 Å². The van der Waals surface area contributed by atoms with Crippen molar-refractivity contribution in [2.75, 3.05) is 37.5 Å². The van der Waals surface area contributed by atoms with Crippen molar-refractivity contribution < 1.29 is 4.74 Å². The van der Waals surface area contributed by atoms with Gasteiger partial charge in [-0.25, -0.2) is 4.98 Å². The minimum absolute atomic E-state index is 0.251. The summed E-state index contributed by atoms with van der Waals surface area (Å²) >= 11 is 0. The second-order valence-corrected chi connectivity index (χ2v) is 6.59. The fraction of sp³-hybridized carbons (Fsp3) is 0.500. The molecule has 2 aromatic heterocycles. The predicted octanol–water partition coefficient (Wildman–Crippen LogP) is 2.22. The topological polar surface area (TPSA) is 63.2 Å². The van der Waals surface area contributed by atoms with Gasteiger partial charge in [0, 0.05) is 43.7 Å². The average molecular weight is 327 g/mol. The van der Waals surface area contributed by atoms with Crippen LogP contribution in [0.4, 0.5) is 11.8 Å². The van der Waals surface area contributed by atoms with E-state index in [9.17, 15) is 0 Å². The molecule has 0 spiro atoms. The van der Waals surface area contributed by atoms with Crippen LogP contribution >= 0.6 is 0 Å². The summed E-state index contributed by atoms with van der Waals surface area (Å²) in [4.78, 5) is 15.2. The summed E-state index contributed by atoms with van der Waals surface area (Å²) in [5.41, 5.74) is 3.38. The number of aromatic nitrogens is 3. The summed E-state index contributed by atoms with van der Waals surface area (Å²) in [7, 11) is 3.91. The van der Waals surface area contributed by atoms with Crippen LogP contribution in [-0.4, -0.2) is 48.3 Å². The average Bonchev–Trinajstić information content (AvgIpc) is 2.99. The van der Waals surface area contributed by atoms with Crippen LogP contribution in [0.25, 0.3) is 0 Å². The molecule has 0 radical (unpaired) electrons. The van der Waals surface area contributed by atoms with Crippen LogP contribution in [0.1, 0.15) is 16.8 Å². The number of anilines is 2. The molecule has 1 aliphatic heterocycles. The van der Waals surface area contributed by atoms with Crippen LogP contribution in [0.2, 0.25) is 0 Å². The first kappa shape index (κ1) is 16.6. The number of pyridine rings is 1. The van der Waals surface area contributed by atoms with Gasteiger partial charge in [-0.1, -0.05) is 0 Å². The zero-order chi connectivity index (χ0) is 17.1. The van der Waals surface area contributed by atoms with Gasteiger partial charge in [0.15, 0.2) is 0 Å². The molecule has 0 unspecified atom stereocenters. The molecular weight excluding hydrogens is 302 g/mol. The lowest BCUT2D eigenvalue weighted by Crippen LogP contribution is -2.30. The Morgan fingerprint density at radius 3 is 2.62 bits per heavy atom. The summed E-state index contributed by atoms with van der Waals surface area (Å²) in [5.74, 6) is 2.05. The van der Waals surface area contributed by atoms with E-state index in [1.165, 1.54) is 5.56 Å². The van der Waals surface area contributed by atoms with Gasteiger partial charge in [-0.05, 0) is 38.0 Å². The molecule has 2 atom stereocenters. The van der Waals surface area contributed by atoms with Gasteiger partial charge in [0.2, 0.25) is 5.95 Å². The highest BCUT2D eigenvalue weighted by atomic mass is 16.5. The number of hydrogen-bond acceptors (Lipinski definition) is 6. The third kappa shape index (κ3) is 3.64. The molecule has 0 aliphatic carbocycles. The van der Waals surface area contributed by atoms with Crippen LogP contribution in [0, 0.1) is 19.8 Å². The van der Waals surface area contributed by atoms with Crippen molar-refractivity contribution in [2.45, 2.75) is 26.3 Å². The molecule has 0 amide bonds. The van der Waals surface area contributed by atoms with Gasteiger partial charge in [-0.3, -0.25) is 4.98 Å². The van der Waals surface area contributed by atoms with E-state index >= 15 is 0 Å². The van der Waals surface area contributed by atoms with Crippen LogP contribution in [0.15, 0.2) is 24.5 Å². The van der Waals surface area contributed by atoms with Crippen molar-refractivity contribution in [1.82, 2.24) is 15.0 Å². The molecule has 3 heterocycles. The standard InChI is InChI=1S/C18H25N5O/c1-12-13(2)20-18(23(3)4)22-17(12)21-16-11-24-10-15(16)9-14-5-7-19-8-6-14/h5-8,15-16H,9-11H2,1-4H3,(H,20,21,22)/t15-,16+/m1/s1. The third-order valence-corrected chi connectivity index (χ3v) is 4.55. The van der Waals surface area contributed by atoms with Gasteiger partial charge in [-0.15, -0.1) is 0 Å². The molecule has 6 heteroatoms. The summed E-state index contributed by atoms with van der Waals surface area (Å²) < 4.78 is 5.73. The van der Waals surface area contributed by atoms with Crippen LogP contribution in [0.5, 0.6) is 0 Å². The zero-order valence-corrected chi connectivity index (χ0v) is 14.8. The molecule has 1 aliphatic rings. The maximum Gasteiger partial charge on any atom is 0.227 e. The Morgan fingerprint density at radius 2 is 1.92 bits per heavy atom. The maximum atomic E-state index is 5.73.